The summed E-state index contributed by atoms with van der Waals surface area (Å²) in [6.45, 7) is 8.06. The van der Waals surface area contributed by atoms with E-state index in [2.05, 4.69) is 60.7 Å². The summed E-state index contributed by atoms with van der Waals surface area (Å²) < 4.78 is 1.91. The van der Waals surface area contributed by atoms with Crippen LogP contribution in [0.5, 0.6) is 0 Å². The van der Waals surface area contributed by atoms with Gasteiger partial charge >= 0.3 is 0 Å². The average Bonchev–Trinajstić information content (AvgIpc) is 2.82. The van der Waals surface area contributed by atoms with Crippen LogP contribution in [0.25, 0.3) is 0 Å². The highest BCUT2D eigenvalue weighted by Crippen LogP contribution is 2.04. The first-order valence-corrected chi connectivity index (χ1v) is 6.71. The number of aryl methyl sites for hydroxylation is 2. The first kappa shape index (κ1) is 13.7. The Morgan fingerprint density at radius 2 is 1.89 bits per heavy atom. The fraction of sp³-hybridized carbons (Fsp3) is 0.467. The number of hydrogen-bond donors (Lipinski definition) is 1. The van der Waals surface area contributed by atoms with Crippen molar-refractivity contribution in [2.45, 2.75) is 45.8 Å². The molecule has 2 aromatic rings. The largest absolute Gasteiger partial charge is 0.306 e. The average molecular weight is 258 g/mol. The summed E-state index contributed by atoms with van der Waals surface area (Å²) in [5, 5.41) is 11.8. The van der Waals surface area contributed by atoms with Crippen LogP contribution in [0.15, 0.2) is 36.5 Å². The summed E-state index contributed by atoms with van der Waals surface area (Å²) in [5.74, 6) is 0. The van der Waals surface area contributed by atoms with Gasteiger partial charge < -0.3 is 5.32 Å². The minimum Gasteiger partial charge on any atom is -0.306 e. The van der Waals surface area contributed by atoms with Crippen molar-refractivity contribution >= 4 is 0 Å². The summed E-state index contributed by atoms with van der Waals surface area (Å²) in [6.07, 6.45) is 3.00. The number of rotatable bonds is 5. The Morgan fingerprint density at radius 3 is 2.58 bits per heavy atom. The van der Waals surface area contributed by atoms with E-state index in [-0.39, 0.29) is 5.54 Å². The van der Waals surface area contributed by atoms with Gasteiger partial charge in [0.15, 0.2) is 0 Å². The molecular formula is C15H22N4. The molecule has 4 nitrogen and oxygen atoms in total. The Labute approximate surface area is 114 Å². The zero-order valence-corrected chi connectivity index (χ0v) is 11.9. The van der Waals surface area contributed by atoms with E-state index in [9.17, 15) is 0 Å². The van der Waals surface area contributed by atoms with Gasteiger partial charge in [-0.25, -0.2) is 0 Å². The van der Waals surface area contributed by atoms with Crippen molar-refractivity contribution in [3.05, 3.63) is 47.8 Å². The van der Waals surface area contributed by atoms with Crippen LogP contribution in [0.2, 0.25) is 0 Å². The smallest absolute Gasteiger partial charge is 0.0965 e. The quantitative estimate of drug-likeness (QED) is 0.895. The molecule has 0 saturated carbocycles. The number of hydrogen-bond acceptors (Lipinski definition) is 3. The van der Waals surface area contributed by atoms with Gasteiger partial charge in [0.1, 0.15) is 0 Å². The van der Waals surface area contributed by atoms with Crippen LogP contribution in [-0.2, 0) is 19.5 Å². The van der Waals surface area contributed by atoms with Crippen molar-refractivity contribution in [2.75, 3.05) is 0 Å². The molecule has 0 saturated heterocycles. The second kappa shape index (κ2) is 5.97. The van der Waals surface area contributed by atoms with E-state index >= 15 is 0 Å². The Bertz CT molecular complexity index is 496. The summed E-state index contributed by atoms with van der Waals surface area (Å²) >= 11 is 0. The van der Waals surface area contributed by atoms with Gasteiger partial charge in [-0.15, -0.1) is 5.10 Å². The molecule has 0 bridgehead atoms. The maximum absolute atomic E-state index is 4.18. The van der Waals surface area contributed by atoms with Gasteiger partial charge in [0, 0.05) is 24.8 Å². The van der Waals surface area contributed by atoms with Crippen molar-refractivity contribution < 1.29 is 0 Å². The van der Waals surface area contributed by atoms with Crippen molar-refractivity contribution in [3.63, 3.8) is 0 Å². The maximum Gasteiger partial charge on any atom is 0.0965 e. The zero-order valence-electron chi connectivity index (χ0n) is 11.9. The molecule has 1 heterocycles. The van der Waals surface area contributed by atoms with Gasteiger partial charge in [-0.2, -0.15) is 0 Å². The van der Waals surface area contributed by atoms with E-state index in [4.69, 9.17) is 0 Å². The molecule has 0 amide bonds. The number of nitrogens with one attached hydrogen (secondary N) is 1. The standard InChI is InChI=1S/C15H22N4/c1-15(2,3)16-11-14-12-19(18-17-14)10-9-13-7-5-4-6-8-13/h4-8,12,16H,9-11H2,1-3H3. The van der Waals surface area contributed by atoms with Crippen LogP contribution in [0.1, 0.15) is 32.0 Å². The van der Waals surface area contributed by atoms with Crippen LogP contribution >= 0.6 is 0 Å². The van der Waals surface area contributed by atoms with Gasteiger partial charge in [-0.1, -0.05) is 35.5 Å². The summed E-state index contributed by atoms with van der Waals surface area (Å²) in [6, 6.07) is 10.4. The van der Waals surface area contributed by atoms with Crippen LogP contribution in [0, 0.1) is 0 Å². The zero-order chi connectivity index (χ0) is 13.7. The molecule has 0 aliphatic rings. The van der Waals surface area contributed by atoms with Gasteiger partial charge in [0.05, 0.1) is 5.69 Å². The van der Waals surface area contributed by atoms with Gasteiger partial charge in [0.2, 0.25) is 0 Å². The van der Waals surface area contributed by atoms with Crippen LogP contribution < -0.4 is 5.32 Å². The molecule has 0 atom stereocenters. The minimum absolute atomic E-state index is 0.105. The molecule has 1 aromatic carbocycles. The van der Waals surface area contributed by atoms with E-state index in [0.717, 1.165) is 25.2 Å². The number of nitrogens with zero attached hydrogens (tertiary/aromatic N) is 3. The molecule has 1 aromatic heterocycles. The van der Waals surface area contributed by atoms with Gasteiger partial charge in [-0.05, 0) is 32.8 Å². The van der Waals surface area contributed by atoms with Crippen molar-refractivity contribution in [1.29, 1.82) is 0 Å². The minimum atomic E-state index is 0.105. The Hall–Kier alpha value is -1.68. The van der Waals surface area contributed by atoms with E-state index in [1.807, 2.05) is 16.9 Å². The second-order valence-electron chi connectivity index (χ2n) is 5.81. The summed E-state index contributed by atoms with van der Waals surface area (Å²) in [5.41, 5.74) is 2.42. The van der Waals surface area contributed by atoms with Crippen molar-refractivity contribution in [3.8, 4) is 0 Å². The Balaban J connectivity index is 1.84. The maximum atomic E-state index is 4.18. The van der Waals surface area contributed by atoms with Crippen molar-refractivity contribution in [1.82, 2.24) is 20.3 Å². The predicted octanol–water partition coefficient (Wildman–Crippen LogP) is 2.41. The van der Waals surface area contributed by atoms with Crippen LogP contribution in [0.3, 0.4) is 0 Å². The van der Waals surface area contributed by atoms with E-state index in [1.54, 1.807) is 0 Å². The molecule has 0 unspecified atom stereocenters. The van der Waals surface area contributed by atoms with Crippen LogP contribution in [-0.4, -0.2) is 20.5 Å². The van der Waals surface area contributed by atoms with Crippen molar-refractivity contribution in [2.24, 2.45) is 0 Å². The lowest BCUT2D eigenvalue weighted by atomic mass is 10.1. The van der Waals surface area contributed by atoms with Crippen LogP contribution in [0.4, 0.5) is 0 Å². The summed E-state index contributed by atoms with van der Waals surface area (Å²) in [4.78, 5) is 0. The second-order valence-corrected chi connectivity index (χ2v) is 5.81. The van der Waals surface area contributed by atoms with Gasteiger partial charge in [0.25, 0.3) is 0 Å². The fourth-order valence-corrected chi connectivity index (χ4v) is 1.77. The molecule has 0 spiro atoms. The topological polar surface area (TPSA) is 42.7 Å². The number of benzene rings is 1. The molecule has 0 aliphatic carbocycles. The Morgan fingerprint density at radius 1 is 1.16 bits per heavy atom. The lowest BCUT2D eigenvalue weighted by molar-refractivity contribution is 0.421. The predicted molar refractivity (Wildman–Crippen MR) is 76.8 cm³/mol. The third-order valence-corrected chi connectivity index (χ3v) is 2.86. The highest BCUT2D eigenvalue weighted by Gasteiger charge is 2.09. The molecule has 4 heteroatoms. The first-order chi connectivity index (χ1) is 9.03. The lowest BCUT2D eigenvalue weighted by Crippen LogP contribution is -2.35. The lowest BCUT2D eigenvalue weighted by Gasteiger charge is -2.19. The molecule has 102 valence electrons. The molecule has 2 rings (SSSR count). The van der Waals surface area contributed by atoms with E-state index < -0.39 is 0 Å². The summed E-state index contributed by atoms with van der Waals surface area (Å²) in [7, 11) is 0. The molecule has 1 N–H and O–H groups in total. The van der Waals surface area contributed by atoms with E-state index in [1.165, 1.54) is 5.56 Å². The van der Waals surface area contributed by atoms with E-state index in [0.29, 0.717) is 0 Å². The first-order valence-electron chi connectivity index (χ1n) is 6.71. The fourth-order valence-electron chi connectivity index (χ4n) is 1.77. The monoisotopic (exact) mass is 258 g/mol. The third-order valence-electron chi connectivity index (χ3n) is 2.86. The SMILES string of the molecule is CC(C)(C)NCc1cn(CCc2ccccc2)nn1. The molecule has 0 radical (unpaired) electrons. The molecular weight excluding hydrogens is 236 g/mol. The molecule has 19 heavy (non-hydrogen) atoms. The molecule has 0 aliphatic heterocycles. The van der Waals surface area contributed by atoms with Gasteiger partial charge in [-0.3, -0.25) is 4.68 Å². The number of aromatic nitrogens is 3. The normalized spacial score (nSPS) is 11.7. The third kappa shape index (κ3) is 4.83. The Kier molecular flexibility index (Phi) is 4.32. The highest BCUT2D eigenvalue weighted by molar-refractivity contribution is 5.14. The highest BCUT2D eigenvalue weighted by atomic mass is 15.4. The molecule has 0 fully saturated rings.